The molecule has 1 fully saturated rings. The van der Waals surface area contributed by atoms with Crippen molar-refractivity contribution in [3.63, 3.8) is 0 Å². The van der Waals surface area contributed by atoms with Crippen molar-refractivity contribution in [1.82, 2.24) is 14.8 Å². The molecule has 2 aromatic carbocycles. The zero-order valence-corrected chi connectivity index (χ0v) is 15.9. The number of nitrogens with one attached hydrogen (secondary N) is 1. The third-order valence-electron chi connectivity index (χ3n) is 5.56. The maximum Gasteiger partial charge on any atom is 0.270 e. The van der Waals surface area contributed by atoms with Crippen LogP contribution in [0, 0.1) is 12.7 Å². The Hall–Kier alpha value is -2.66. The molecule has 1 aliphatic rings. The van der Waals surface area contributed by atoms with Gasteiger partial charge in [-0.05, 0) is 50.8 Å². The van der Waals surface area contributed by atoms with Gasteiger partial charge in [0.25, 0.3) is 5.91 Å². The third kappa shape index (κ3) is 3.35. The molecular formula is C22H24FN3O. The highest BCUT2D eigenvalue weighted by Crippen LogP contribution is 2.31. The van der Waals surface area contributed by atoms with Gasteiger partial charge in [-0.15, -0.1) is 0 Å². The second-order valence-electron chi connectivity index (χ2n) is 7.67. The number of H-pyrrole nitrogens is 1. The molecule has 1 saturated heterocycles. The number of carbonyl (C=O) groups is 1. The molecule has 0 radical (unpaired) electrons. The molecule has 2 unspecified atom stereocenters. The number of aryl methyl sites for hydroxylation is 1. The van der Waals surface area contributed by atoms with Gasteiger partial charge in [-0.3, -0.25) is 4.79 Å². The predicted octanol–water partition coefficient (Wildman–Crippen LogP) is 3.79. The number of amides is 1. The van der Waals surface area contributed by atoms with Crippen LogP contribution in [-0.4, -0.2) is 53.9 Å². The predicted molar refractivity (Wildman–Crippen MR) is 106 cm³/mol. The second kappa shape index (κ2) is 6.82. The van der Waals surface area contributed by atoms with Gasteiger partial charge < -0.3 is 14.8 Å². The highest BCUT2D eigenvalue weighted by Gasteiger charge is 2.37. The molecule has 0 spiro atoms. The average molecular weight is 365 g/mol. The molecule has 4 nitrogen and oxygen atoms in total. The van der Waals surface area contributed by atoms with Gasteiger partial charge in [-0.1, -0.05) is 29.8 Å². The van der Waals surface area contributed by atoms with Crippen molar-refractivity contribution in [1.29, 1.82) is 0 Å². The van der Waals surface area contributed by atoms with Crippen LogP contribution >= 0.6 is 0 Å². The van der Waals surface area contributed by atoms with Gasteiger partial charge in [0.15, 0.2) is 0 Å². The summed E-state index contributed by atoms with van der Waals surface area (Å²) >= 11 is 0. The van der Waals surface area contributed by atoms with E-state index in [1.54, 1.807) is 12.1 Å². The van der Waals surface area contributed by atoms with Crippen molar-refractivity contribution in [2.24, 2.45) is 0 Å². The molecule has 140 valence electrons. The van der Waals surface area contributed by atoms with Crippen LogP contribution in [0.3, 0.4) is 0 Å². The molecule has 4 rings (SSSR count). The van der Waals surface area contributed by atoms with Crippen LogP contribution in [0.25, 0.3) is 10.9 Å². The fourth-order valence-electron chi connectivity index (χ4n) is 4.01. The van der Waals surface area contributed by atoms with Gasteiger partial charge in [0.1, 0.15) is 11.5 Å². The first kappa shape index (κ1) is 17.7. The van der Waals surface area contributed by atoms with Gasteiger partial charge >= 0.3 is 0 Å². The maximum atomic E-state index is 13.4. The lowest BCUT2D eigenvalue weighted by Crippen LogP contribution is -2.35. The van der Waals surface area contributed by atoms with Crippen molar-refractivity contribution in [3.05, 3.63) is 71.2 Å². The Morgan fingerprint density at radius 1 is 1.11 bits per heavy atom. The second-order valence-corrected chi connectivity index (χ2v) is 7.67. The number of benzene rings is 2. The number of nitrogens with zero attached hydrogens (tertiary/aromatic N) is 2. The zero-order chi connectivity index (χ0) is 19.1. The summed E-state index contributed by atoms with van der Waals surface area (Å²) in [5.74, 6) is -0.0618. The Bertz CT molecular complexity index is 977. The fourth-order valence-corrected chi connectivity index (χ4v) is 4.01. The number of likely N-dealkylation sites (N-methyl/N-ethyl adjacent to an activating group) is 1. The number of halogens is 1. The molecular weight excluding hydrogens is 341 g/mol. The molecule has 1 aromatic heterocycles. The summed E-state index contributed by atoms with van der Waals surface area (Å²) in [5.41, 5.74) is 3.78. The van der Waals surface area contributed by atoms with Crippen LogP contribution in [0.15, 0.2) is 48.5 Å². The molecule has 1 N–H and O–H groups in total. The van der Waals surface area contributed by atoms with E-state index in [1.165, 1.54) is 23.3 Å². The Morgan fingerprint density at radius 3 is 2.56 bits per heavy atom. The number of hydrogen-bond donors (Lipinski definition) is 1. The lowest BCUT2D eigenvalue weighted by Gasteiger charge is -2.25. The molecule has 2 heterocycles. The summed E-state index contributed by atoms with van der Waals surface area (Å²) < 4.78 is 13.4. The van der Waals surface area contributed by atoms with E-state index in [9.17, 15) is 9.18 Å². The standard InChI is InChI=1S/C22H24FN3O/c1-14-4-6-15(7-5-14)18-12-26(13-21(18)25(2)3)22(27)20-11-16-10-17(23)8-9-19(16)24-20/h4-11,18,21,24H,12-13H2,1-3H3. The molecule has 27 heavy (non-hydrogen) atoms. The highest BCUT2D eigenvalue weighted by atomic mass is 19.1. The SMILES string of the molecule is Cc1ccc(C2CN(C(=O)c3cc4cc(F)ccc4[nH]3)CC2N(C)C)cc1. The molecule has 5 heteroatoms. The van der Waals surface area contributed by atoms with E-state index in [1.807, 2.05) is 4.90 Å². The van der Waals surface area contributed by atoms with E-state index < -0.39 is 0 Å². The van der Waals surface area contributed by atoms with Gasteiger partial charge in [0, 0.05) is 36.0 Å². The van der Waals surface area contributed by atoms with E-state index in [0.717, 1.165) is 10.9 Å². The van der Waals surface area contributed by atoms with Crippen molar-refractivity contribution in [2.45, 2.75) is 18.9 Å². The number of fused-ring (bicyclic) bond motifs is 1. The van der Waals surface area contributed by atoms with Crippen LogP contribution in [0.4, 0.5) is 4.39 Å². The Kier molecular flexibility index (Phi) is 4.48. The Morgan fingerprint density at radius 2 is 1.85 bits per heavy atom. The summed E-state index contributed by atoms with van der Waals surface area (Å²) in [7, 11) is 4.12. The first-order chi connectivity index (χ1) is 12.9. The number of aromatic amines is 1. The summed E-state index contributed by atoms with van der Waals surface area (Å²) in [6.07, 6.45) is 0. The number of hydrogen-bond acceptors (Lipinski definition) is 2. The van der Waals surface area contributed by atoms with Gasteiger partial charge in [0.2, 0.25) is 0 Å². The van der Waals surface area contributed by atoms with Crippen molar-refractivity contribution < 1.29 is 9.18 Å². The quantitative estimate of drug-likeness (QED) is 0.767. The van der Waals surface area contributed by atoms with Crippen LogP contribution in [0.2, 0.25) is 0 Å². The van der Waals surface area contributed by atoms with Gasteiger partial charge in [-0.25, -0.2) is 4.39 Å². The molecule has 0 aliphatic carbocycles. The van der Waals surface area contributed by atoms with Gasteiger partial charge in [0.05, 0.1) is 0 Å². The van der Waals surface area contributed by atoms with Crippen LogP contribution < -0.4 is 0 Å². The van der Waals surface area contributed by atoms with E-state index >= 15 is 0 Å². The van der Waals surface area contributed by atoms with Crippen LogP contribution in [-0.2, 0) is 0 Å². The first-order valence-corrected chi connectivity index (χ1v) is 9.23. The zero-order valence-electron chi connectivity index (χ0n) is 15.9. The largest absolute Gasteiger partial charge is 0.351 e. The molecule has 0 saturated carbocycles. The van der Waals surface area contributed by atoms with E-state index in [2.05, 4.69) is 55.2 Å². The smallest absolute Gasteiger partial charge is 0.270 e. The average Bonchev–Trinajstić information content (AvgIpc) is 3.25. The van der Waals surface area contributed by atoms with E-state index in [-0.39, 0.29) is 23.7 Å². The van der Waals surface area contributed by atoms with E-state index in [4.69, 9.17) is 0 Å². The molecule has 3 aromatic rings. The highest BCUT2D eigenvalue weighted by molar-refractivity contribution is 5.98. The van der Waals surface area contributed by atoms with E-state index in [0.29, 0.717) is 18.8 Å². The lowest BCUT2D eigenvalue weighted by atomic mass is 9.93. The lowest BCUT2D eigenvalue weighted by molar-refractivity contribution is 0.0777. The molecule has 2 atom stereocenters. The molecule has 1 amide bonds. The minimum atomic E-state index is -0.297. The number of carbonyl (C=O) groups excluding carboxylic acids is 1. The molecule has 0 bridgehead atoms. The number of aromatic nitrogens is 1. The number of likely N-dealkylation sites (tertiary alicyclic amines) is 1. The monoisotopic (exact) mass is 365 g/mol. The minimum absolute atomic E-state index is 0.0342. The van der Waals surface area contributed by atoms with Crippen molar-refractivity contribution >= 4 is 16.8 Å². The minimum Gasteiger partial charge on any atom is -0.351 e. The normalized spacial score (nSPS) is 20.0. The summed E-state index contributed by atoms with van der Waals surface area (Å²) in [6, 6.07) is 15.1. The van der Waals surface area contributed by atoms with Gasteiger partial charge in [-0.2, -0.15) is 0 Å². The maximum absolute atomic E-state index is 13.4. The van der Waals surface area contributed by atoms with Crippen molar-refractivity contribution in [2.75, 3.05) is 27.2 Å². The number of rotatable bonds is 3. The Labute approximate surface area is 158 Å². The van der Waals surface area contributed by atoms with Crippen LogP contribution in [0.1, 0.15) is 27.5 Å². The molecule has 1 aliphatic heterocycles. The fraction of sp³-hybridized carbons (Fsp3) is 0.318. The van der Waals surface area contributed by atoms with Crippen LogP contribution in [0.5, 0.6) is 0 Å². The summed E-state index contributed by atoms with van der Waals surface area (Å²) in [4.78, 5) is 20.3. The topological polar surface area (TPSA) is 39.3 Å². The first-order valence-electron chi connectivity index (χ1n) is 9.23. The third-order valence-corrected chi connectivity index (χ3v) is 5.56. The summed E-state index contributed by atoms with van der Waals surface area (Å²) in [6.45, 7) is 3.43. The Balaban J connectivity index is 1.61. The summed E-state index contributed by atoms with van der Waals surface area (Å²) in [5, 5.41) is 0.719. The van der Waals surface area contributed by atoms with Crippen molar-refractivity contribution in [3.8, 4) is 0 Å².